The fourth-order valence-corrected chi connectivity index (χ4v) is 6.59. The molecule has 0 aliphatic carbocycles. The smallest absolute Gasteiger partial charge is 0.362 e. The summed E-state index contributed by atoms with van der Waals surface area (Å²) >= 11 is 0. The highest BCUT2D eigenvalue weighted by Gasteiger charge is 2.31. The van der Waals surface area contributed by atoms with Gasteiger partial charge in [-0.2, -0.15) is 0 Å². The maximum absolute atomic E-state index is 12.7. The molecular weight excluding hydrogens is 679 g/mol. The number of aliphatic carboxylic acids is 1. The van der Waals surface area contributed by atoms with Crippen LogP contribution in [0, 0.1) is 0 Å². The molecule has 0 rings (SSSR count). The molecule has 2 atom stereocenters. The van der Waals surface area contributed by atoms with Crippen LogP contribution in [0.15, 0.2) is 24.3 Å². The fraction of sp³-hybridized carbons (Fsp3) is 0.848. The topological polar surface area (TPSA) is 99.1 Å². The highest BCUT2D eigenvalue weighted by Crippen LogP contribution is 2.15. The van der Waals surface area contributed by atoms with Crippen molar-refractivity contribution in [2.24, 2.45) is 0 Å². The molecule has 0 aliphatic heterocycles. The minimum atomic E-state index is -0.875. The largest absolute Gasteiger partial charge is 0.477 e. The van der Waals surface area contributed by atoms with E-state index in [0.717, 1.165) is 51.4 Å². The van der Waals surface area contributed by atoms with Crippen LogP contribution in [0.2, 0.25) is 0 Å². The third-order valence-corrected chi connectivity index (χ3v) is 10.1. The van der Waals surface area contributed by atoms with Crippen molar-refractivity contribution in [2.45, 2.75) is 212 Å². The summed E-state index contributed by atoms with van der Waals surface area (Å²) < 4.78 is 17.3. The van der Waals surface area contributed by atoms with Crippen molar-refractivity contribution >= 4 is 17.9 Å². The van der Waals surface area contributed by atoms with E-state index < -0.39 is 18.1 Å². The zero-order valence-corrected chi connectivity index (χ0v) is 35.9. The first kappa shape index (κ1) is 51.8. The molecule has 1 N–H and O–H groups in total. The minimum Gasteiger partial charge on any atom is -0.477 e. The molecule has 0 heterocycles. The normalized spacial score (nSPS) is 13.1. The molecule has 0 saturated heterocycles. The summed E-state index contributed by atoms with van der Waals surface area (Å²) in [7, 11) is 5.53. The SMILES string of the molecule is CCCCC/C=C/C/C=C/CCCCCCCCCC(=O)OC(COCCC(C(=O)O)[N+](C)(C)C)COC(=O)CCCCCCCCCCCCCCC. The van der Waals surface area contributed by atoms with Gasteiger partial charge in [-0.1, -0.05) is 160 Å². The first-order valence-electron chi connectivity index (χ1n) is 22.4. The lowest BCUT2D eigenvalue weighted by molar-refractivity contribution is -0.887. The summed E-state index contributed by atoms with van der Waals surface area (Å²) in [5.41, 5.74) is 0. The second-order valence-electron chi connectivity index (χ2n) is 16.3. The van der Waals surface area contributed by atoms with Crippen molar-refractivity contribution in [3.05, 3.63) is 24.3 Å². The molecule has 0 saturated carbocycles. The molecule has 316 valence electrons. The Morgan fingerprint density at radius 2 is 0.981 bits per heavy atom. The second kappa shape index (κ2) is 37.7. The van der Waals surface area contributed by atoms with E-state index in [1.165, 1.54) is 116 Å². The van der Waals surface area contributed by atoms with Gasteiger partial charge in [-0.25, -0.2) is 4.79 Å². The van der Waals surface area contributed by atoms with Crippen molar-refractivity contribution in [1.29, 1.82) is 0 Å². The number of quaternary nitrogens is 1. The van der Waals surface area contributed by atoms with Crippen molar-refractivity contribution in [2.75, 3.05) is 41.0 Å². The monoisotopic (exact) mass is 765 g/mol. The van der Waals surface area contributed by atoms with Crippen LogP contribution >= 0.6 is 0 Å². The maximum atomic E-state index is 12.7. The first-order valence-corrected chi connectivity index (χ1v) is 22.4. The molecule has 0 amide bonds. The van der Waals surface area contributed by atoms with Gasteiger partial charge in [0.15, 0.2) is 12.1 Å². The Hall–Kier alpha value is -2.19. The highest BCUT2D eigenvalue weighted by molar-refractivity contribution is 5.72. The molecular formula is C46H86NO7+. The lowest BCUT2D eigenvalue weighted by Crippen LogP contribution is -2.50. The van der Waals surface area contributed by atoms with E-state index in [2.05, 4.69) is 38.2 Å². The van der Waals surface area contributed by atoms with Gasteiger partial charge in [0.2, 0.25) is 0 Å². The average Bonchev–Trinajstić information content (AvgIpc) is 3.12. The molecule has 8 nitrogen and oxygen atoms in total. The number of carbonyl (C=O) groups is 3. The third-order valence-electron chi connectivity index (χ3n) is 10.1. The van der Waals surface area contributed by atoms with Gasteiger partial charge in [-0.15, -0.1) is 0 Å². The molecule has 54 heavy (non-hydrogen) atoms. The average molecular weight is 765 g/mol. The highest BCUT2D eigenvalue weighted by atomic mass is 16.6. The summed E-state index contributed by atoms with van der Waals surface area (Å²) in [5.74, 6) is -1.47. The number of hydrogen-bond donors (Lipinski definition) is 1. The third kappa shape index (κ3) is 35.5. The van der Waals surface area contributed by atoms with Gasteiger partial charge in [-0.05, 0) is 44.9 Å². The van der Waals surface area contributed by atoms with Crippen LogP contribution in [-0.2, 0) is 28.6 Å². The number of rotatable bonds is 40. The number of carboxylic acids is 1. The number of likely N-dealkylation sites (N-methyl/N-ethyl adjacent to an activating group) is 1. The van der Waals surface area contributed by atoms with Gasteiger partial charge in [0.05, 0.1) is 34.4 Å². The van der Waals surface area contributed by atoms with Crippen LogP contribution in [0.3, 0.4) is 0 Å². The Morgan fingerprint density at radius 3 is 1.46 bits per heavy atom. The zero-order chi connectivity index (χ0) is 40.0. The Balaban J connectivity index is 4.33. The Kier molecular flexibility index (Phi) is 36.2. The summed E-state index contributed by atoms with van der Waals surface area (Å²) in [6.45, 7) is 4.72. The number of carboxylic acid groups (broad SMARTS) is 1. The molecule has 0 aromatic carbocycles. The number of esters is 2. The van der Waals surface area contributed by atoms with Gasteiger partial charge in [0.1, 0.15) is 6.61 Å². The number of ether oxygens (including phenoxy) is 3. The van der Waals surface area contributed by atoms with Crippen LogP contribution < -0.4 is 0 Å². The molecule has 0 radical (unpaired) electrons. The summed E-state index contributed by atoms with van der Waals surface area (Å²) in [6.07, 6.45) is 40.7. The summed E-state index contributed by atoms with van der Waals surface area (Å²) in [5, 5.41) is 9.61. The van der Waals surface area contributed by atoms with Crippen molar-refractivity contribution in [3.63, 3.8) is 0 Å². The van der Waals surface area contributed by atoms with E-state index in [9.17, 15) is 19.5 Å². The molecule has 0 aromatic rings. The van der Waals surface area contributed by atoms with Crippen molar-refractivity contribution in [1.82, 2.24) is 0 Å². The Morgan fingerprint density at radius 1 is 0.556 bits per heavy atom. The number of carbonyl (C=O) groups excluding carboxylic acids is 2. The Bertz CT molecular complexity index is 942. The predicted octanol–water partition coefficient (Wildman–Crippen LogP) is 12.1. The summed E-state index contributed by atoms with van der Waals surface area (Å²) in [6, 6.07) is -0.613. The number of hydrogen-bond acceptors (Lipinski definition) is 6. The van der Waals surface area contributed by atoms with E-state index >= 15 is 0 Å². The molecule has 0 aliphatic rings. The summed E-state index contributed by atoms with van der Waals surface area (Å²) in [4.78, 5) is 37.0. The minimum absolute atomic E-state index is 0.0500. The molecule has 0 aromatic heterocycles. The molecule has 0 spiro atoms. The number of allylic oxidation sites excluding steroid dienone is 4. The van der Waals surface area contributed by atoms with Gasteiger partial charge in [-0.3, -0.25) is 9.59 Å². The number of unbranched alkanes of at least 4 members (excludes halogenated alkanes) is 22. The van der Waals surface area contributed by atoms with E-state index in [1.54, 1.807) is 0 Å². The number of nitrogens with zero attached hydrogens (tertiary/aromatic N) is 1. The van der Waals surface area contributed by atoms with E-state index in [0.29, 0.717) is 19.3 Å². The zero-order valence-electron chi connectivity index (χ0n) is 35.9. The van der Waals surface area contributed by atoms with E-state index in [-0.39, 0.29) is 36.2 Å². The van der Waals surface area contributed by atoms with Gasteiger partial charge in [0, 0.05) is 19.3 Å². The lowest BCUT2D eigenvalue weighted by Gasteiger charge is -2.31. The van der Waals surface area contributed by atoms with Crippen LogP contribution in [0.1, 0.15) is 200 Å². The van der Waals surface area contributed by atoms with Gasteiger partial charge >= 0.3 is 17.9 Å². The van der Waals surface area contributed by atoms with Crippen LogP contribution in [0.5, 0.6) is 0 Å². The molecule has 0 bridgehead atoms. The van der Waals surface area contributed by atoms with E-state index in [1.807, 2.05) is 21.1 Å². The van der Waals surface area contributed by atoms with Gasteiger partial charge < -0.3 is 23.8 Å². The van der Waals surface area contributed by atoms with Crippen molar-refractivity contribution < 1.29 is 38.2 Å². The predicted molar refractivity (Wildman–Crippen MR) is 225 cm³/mol. The molecule has 8 heteroatoms. The first-order chi connectivity index (χ1) is 26.1. The quantitative estimate of drug-likeness (QED) is 0.0287. The van der Waals surface area contributed by atoms with Crippen LogP contribution in [0.4, 0.5) is 0 Å². The molecule has 2 unspecified atom stereocenters. The second-order valence-corrected chi connectivity index (χ2v) is 16.3. The van der Waals surface area contributed by atoms with Crippen molar-refractivity contribution in [3.8, 4) is 0 Å². The van der Waals surface area contributed by atoms with Crippen LogP contribution in [0.25, 0.3) is 0 Å². The molecule has 0 fully saturated rings. The lowest BCUT2D eigenvalue weighted by atomic mass is 10.0. The van der Waals surface area contributed by atoms with E-state index in [4.69, 9.17) is 14.2 Å². The van der Waals surface area contributed by atoms with Crippen LogP contribution in [-0.4, -0.2) is 80.6 Å². The van der Waals surface area contributed by atoms with Gasteiger partial charge in [0.25, 0.3) is 0 Å². The standard InChI is InChI=1S/C46H85NO7/c1-6-8-10-12-14-16-18-20-21-22-23-25-27-29-31-33-35-37-45(49)54-42(40-52-39-38-43(46(50)51)47(3,4)5)41-53-44(48)36-34-32-30-28-26-24-19-17-15-13-11-9-7-2/h14,16,20-21,42-43H,6-13,15,17-19,22-41H2,1-5H3/p+1/b16-14+,21-20+. The maximum Gasteiger partial charge on any atom is 0.362 e. The fourth-order valence-electron chi connectivity index (χ4n) is 6.59. The Labute approximate surface area is 332 Å².